The molecule has 0 atom stereocenters. The van der Waals surface area contributed by atoms with Crippen LogP contribution in [-0.4, -0.2) is 42.2 Å². The van der Waals surface area contributed by atoms with Crippen LogP contribution in [0.1, 0.15) is 39.1 Å². The Balaban J connectivity index is 1.48. The highest BCUT2D eigenvalue weighted by molar-refractivity contribution is 6.12. The molecule has 1 N–H and O–H groups in total. The highest BCUT2D eigenvalue weighted by Crippen LogP contribution is 2.39. The maximum absolute atomic E-state index is 14.0. The summed E-state index contributed by atoms with van der Waals surface area (Å²) in [6.07, 6.45) is 3.35. The second kappa shape index (κ2) is 10.5. The lowest BCUT2D eigenvalue weighted by molar-refractivity contribution is 0.0961. The molecule has 3 aromatic carbocycles. The largest absolute Gasteiger partial charge is 0.496 e. The molecule has 0 saturated heterocycles. The van der Waals surface area contributed by atoms with Gasteiger partial charge in [0.15, 0.2) is 5.82 Å². The Morgan fingerprint density at radius 2 is 1.80 bits per heavy atom. The number of hydrogen-bond donors (Lipinski definition) is 1. The van der Waals surface area contributed by atoms with Crippen LogP contribution in [-0.2, 0) is 0 Å². The summed E-state index contributed by atoms with van der Waals surface area (Å²) in [4.78, 5) is 28.7. The van der Waals surface area contributed by atoms with Crippen molar-refractivity contribution in [3.05, 3.63) is 95.4 Å². The summed E-state index contributed by atoms with van der Waals surface area (Å²) in [5.74, 6) is 0.371. The van der Waals surface area contributed by atoms with E-state index in [0.29, 0.717) is 45.0 Å². The van der Waals surface area contributed by atoms with Crippen molar-refractivity contribution in [2.24, 2.45) is 0 Å². The van der Waals surface area contributed by atoms with Gasteiger partial charge in [0.2, 0.25) is 0 Å². The number of aryl methyl sites for hydroxylation is 1. The topological polar surface area (TPSA) is 97.6 Å². The number of methoxy groups -OCH3 is 1. The van der Waals surface area contributed by atoms with E-state index in [1.54, 1.807) is 55.6 Å². The average Bonchev–Trinajstić information content (AvgIpc) is 3.76. The quantitative estimate of drug-likeness (QED) is 0.260. The van der Waals surface area contributed by atoms with E-state index < -0.39 is 0 Å². The zero-order valence-electron chi connectivity index (χ0n) is 22.8. The zero-order chi connectivity index (χ0) is 28.7. The third-order valence-corrected chi connectivity index (χ3v) is 7.27. The number of furan rings is 1. The van der Waals surface area contributed by atoms with E-state index in [1.165, 1.54) is 12.1 Å². The molecule has 0 radical (unpaired) electrons. The van der Waals surface area contributed by atoms with Crippen molar-refractivity contribution in [3.8, 4) is 28.2 Å². The molecule has 206 valence electrons. The van der Waals surface area contributed by atoms with Crippen molar-refractivity contribution in [2.45, 2.75) is 25.8 Å². The molecule has 1 saturated carbocycles. The molecule has 2 aromatic heterocycles. The molecule has 1 aliphatic rings. The van der Waals surface area contributed by atoms with Crippen LogP contribution in [0.2, 0.25) is 0 Å². The minimum absolute atomic E-state index is 0.0518. The van der Waals surface area contributed by atoms with E-state index in [1.807, 2.05) is 31.2 Å². The number of ether oxygens (including phenoxy) is 1. The Bertz CT molecular complexity index is 1780. The smallest absolute Gasteiger partial charge is 0.263 e. The molecule has 2 amide bonds. The maximum Gasteiger partial charge on any atom is 0.263 e. The van der Waals surface area contributed by atoms with Crippen LogP contribution in [0.3, 0.4) is 0 Å². The number of hydrogen-bond acceptors (Lipinski definition) is 6. The van der Waals surface area contributed by atoms with Gasteiger partial charge < -0.3 is 14.5 Å². The second-order valence-electron chi connectivity index (χ2n) is 9.96. The molecule has 1 aliphatic carbocycles. The average molecular weight is 551 g/mol. The standard InChI is InChI=1S/C32H27FN4O4/c1-18-15-27(40-3)25(32(39)37(22-11-12-22)28-5-4-14-35-36-28)17-23(18)20-8-13-26-24(16-20)29(31(38)34-2)30(41-26)19-6-9-21(33)10-7-19/h4-10,13-17,22H,11-12H2,1-3H3,(H,34,38). The zero-order valence-corrected chi connectivity index (χ0v) is 22.8. The lowest BCUT2D eigenvalue weighted by atomic mass is 9.95. The minimum atomic E-state index is -0.381. The predicted molar refractivity (Wildman–Crippen MR) is 154 cm³/mol. The third kappa shape index (κ3) is 4.80. The minimum Gasteiger partial charge on any atom is -0.496 e. The van der Waals surface area contributed by atoms with Gasteiger partial charge in [0.05, 0.1) is 18.2 Å². The molecule has 6 rings (SSSR count). The van der Waals surface area contributed by atoms with Crippen molar-refractivity contribution in [2.75, 3.05) is 19.1 Å². The van der Waals surface area contributed by atoms with Gasteiger partial charge in [-0.3, -0.25) is 14.5 Å². The Morgan fingerprint density at radius 1 is 1.05 bits per heavy atom. The van der Waals surface area contributed by atoms with E-state index in [9.17, 15) is 14.0 Å². The number of rotatable bonds is 7. The van der Waals surface area contributed by atoms with Gasteiger partial charge in [-0.05, 0) is 97.1 Å². The van der Waals surface area contributed by atoms with Crippen LogP contribution in [0.4, 0.5) is 10.2 Å². The van der Waals surface area contributed by atoms with Crippen molar-refractivity contribution < 1.29 is 23.1 Å². The Hall–Kier alpha value is -5.05. The summed E-state index contributed by atoms with van der Waals surface area (Å²) in [7, 11) is 3.09. The first-order valence-corrected chi connectivity index (χ1v) is 13.2. The number of anilines is 1. The van der Waals surface area contributed by atoms with Crippen molar-refractivity contribution >= 4 is 28.6 Å². The molecule has 0 aliphatic heterocycles. The number of nitrogens with zero attached hydrogens (tertiary/aromatic N) is 3. The lowest BCUT2D eigenvalue weighted by Crippen LogP contribution is -2.34. The highest BCUT2D eigenvalue weighted by atomic mass is 19.1. The first-order valence-electron chi connectivity index (χ1n) is 13.2. The summed E-state index contributed by atoms with van der Waals surface area (Å²) in [5, 5.41) is 11.4. The number of nitrogens with one attached hydrogen (secondary N) is 1. The normalized spacial score (nSPS) is 12.8. The van der Waals surface area contributed by atoms with Crippen molar-refractivity contribution in [1.29, 1.82) is 0 Å². The Kier molecular flexibility index (Phi) is 6.70. The fourth-order valence-electron chi connectivity index (χ4n) is 5.09. The van der Waals surface area contributed by atoms with Gasteiger partial charge in [-0.25, -0.2) is 4.39 Å². The van der Waals surface area contributed by atoms with E-state index in [4.69, 9.17) is 9.15 Å². The molecule has 2 heterocycles. The summed E-state index contributed by atoms with van der Waals surface area (Å²) < 4.78 is 25.3. The summed E-state index contributed by atoms with van der Waals surface area (Å²) in [6, 6.07) is 18.6. The van der Waals surface area contributed by atoms with Gasteiger partial charge in [-0.15, -0.1) is 5.10 Å². The summed E-state index contributed by atoms with van der Waals surface area (Å²) in [6.45, 7) is 1.94. The summed E-state index contributed by atoms with van der Waals surface area (Å²) >= 11 is 0. The van der Waals surface area contributed by atoms with Crippen molar-refractivity contribution in [1.82, 2.24) is 15.5 Å². The monoisotopic (exact) mass is 550 g/mol. The number of aromatic nitrogens is 2. The predicted octanol–water partition coefficient (Wildman–Crippen LogP) is 6.18. The molecular formula is C32H27FN4O4. The first-order chi connectivity index (χ1) is 19.9. The van der Waals surface area contributed by atoms with E-state index in [2.05, 4.69) is 15.5 Å². The molecule has 0 unspecified atom stereocenters. The number of halogens is 1. The van der Waals surface area contributed by atoms with Crippen LogP contribution in [0.5, 0.6) is 5.75 Å². The van der Waals surface area contributed by atoms with Crippen LogP contribution in [0.15, 0.2) is 77.3 Å². The lowest BCUT2D eigenvalue weighted by Gasteiger charge is -2.23. The SMILES string of the molecule is CNC(=O)c1c(-c2ccc(F)cc2)oc2ccc(-c3cc(C(=O)N(c4cccnn4)C4CC4)c(OC)cc3C)cc12. The van der Waals surface area contributed by atoms with E-state index >= 15 is 0 Å². The molecule has 41 heavy (non-hydrogen) atoms. The fourth-order valence-corrected chi connectivity index (χ4v) is 5.09. The van der Waals surface area contributed by atoms with Crippen LogP contribution < -0.4 is 15.0 Å². The Labute approximate surface area is 235 Å². The molecule has 1 fully saturated rings. The van der Waals surface area contributed by atoms with Gasteiger partial charge in [0, 0.05) is 30.2 Å². The number of fused-ring (bicyclic) bond motifs is 1. The molecule has 8 nitrogen and oxygen atoms in total. The summed E-state index contributed by atoms with van der Waals surface area (Å²) in [5.41, 5.74) is 4.33. The highest BCUT2D eigenvalue weighted by Gasteiger charge is 2.36. The number of amides is 2. The van der Waals surface area contributed by atoms with Crippen LogP contribution >= 0.6 is 0 Å². The molecule has 0 bridgehead atoms. The maximum atomic E-state index is 14.0. The Morgan fingerprint density at radius 3 is 2.46 bits per heavy atom. The van der Waals surface area contributed by atoms with E-state index in [-0.39, 0.29) is 23.7 Å². The molecular weight excluding hydrogens is 523 g/mol. The number of carbonyl (C=O) groups is 2. The molecule has 9 heteroatoms. The van der Waals surface area contributed by atoms with Crippen LogP contribution in [0.25, 0.3) is 33.4 Å². The second-order valence-corrected chi connectivity index (χ2v) is 9.96. The first kappa shape index (κ1) is 26.2. The van der Waals surface area contributed by atoms with Crippen LogP contribution in [0, 0.1) is 12.7 Å². The van der Waals surface area contributed by atoms with Gasteiger partial charge >= 0.3 is 0 Å². The number of carbonyl (C=O) groups excluding carboxylic acids is 2. The van der Waals surface area contributed by atoms with Gasteiger partial charge in [-0.2, -0.15) is 5.10 Å². The fraction of sp³-hybridized carbons (Fsp3) is 0.188. The van der Waals surface area contributed by atoms with E-state index in [0.717, 1.165) is 29.5 Å². The van der Waals surface area contributed by atoms with Gasteiger partial charge in [0.1, 0.15) is 22.9 Å². The van der Waals surface area contributed by atoms with Gasteiger partial charge in [0.25, 0.3) is 11.8 Å². The molecule has 5 aromatic rings. The van der Waals surface area contributed by atoms with Gasteiger partial charge in [-0.1, -0.05) is 6.07 Å². The van der Waals surface area contributed by atoms with Crippen molar-refractivity contribution in [3.63, 3.8) is 0 Å². The third-order valence-electron chi connectivity index (χ3n) is 7.27. The molecule has 0 spiro atoms. The number of benzene rings is 3.